The molecule has 8 heteroatoms. The first-order valence-electron chi connectivity index (χ1n) is 7.63. The van der Waals surface area contributed by atoms with Crippen LogP contribution in [0.4, 0.5) is 4.79 Å². The standard InChI is InChI=1S/C17H19NO6S/c1-4-7-18-16(20)14(25-17(18)21)9-11-5-6-12(13(8-11)22-2)24-10-15(19)23-3/h5-6,8-9H,4,7,10H2,1-3H3/b14-9+. The molecular weight excluding hydrogens is 346 g/mol. The number of ether oxygens (including phenoxy) is 3. The molecule has 1 aromatic rings. The maximum Gasteiger partial charge on any atom is 0.343 e. The third kappa shape index (κ3) is 4.54. The molecule has 0 saturated carbocycles. The van der Waals surface area contributed by atoms with E-state index in [1.54, 1.807) is 24.3 Å². The van der Waals surface area contributed by atoms with Gasteiger partial charge in [-0.1, -0.05) is 13.0 Å². The highest BCUT2D eigenvalue weighted by atomic mass is 32.2. The number of rotatable bonds is 7. The van der Waals surface area contributed by atoms with Gasteiger partial charge in [0.05, 0.1) is 19.1 Å². The Labute approximate surface area is 149 Å². The summed E-state index contributed by atoms with van der Waals surface area (Å²) < 4.78 is 15.1. The highest BCUT2D eigenvalue weighted by Crippen LogP contribution is 2.34. The first-order chi connectivity index (χ1) is 12.0. The van der Waals surface area contributed by atoms with E-state index in [-0.39, 0.29) is 17.8 Å². The van der Waals surface area contributed by atoms with E-state index in [4.69, 9.17) is 9.47 Å². The summed E-state index contributed by atoms with van der Waals surface area (Å²) >= 11 is 0.917. The van der Waals surface area contributed by atoms with E-state index in [9.17, 15) is 14.4 Å². The van der Waals surface area contributed by atoms with Gasteiger partial charge in [-0.3, -0.25) is 14.5 Å². The minimum absolute atomic E-state index is 0.234. The van der Waals surface area contributed by atoms with Crippen molar-refractivity contribution in [3.63, 3.8) is 0 Å². The number of carbonyl (C=O) groups excluding carboxylic acids is 3. The van der Waals surface area contributed by atoms with Crippen molar-refractivity contribution in [3.8, 4) is 11.5 Å². The number of carbonyl (C=O) groups is 3. The Morgan fingerprint density at radius 3 is 2.64 bits per heavy atom. The zero-order chi connectivity index (χ0) is 18.4. The van der Waals surface area contributed by atoms with Crippen LogP contribution >= 0.6 is 11.8 Å². The molecule has 0 aromatic heterocycles. The minimum Gasteiger partial charge on any atom is -0.493 e. The van der Waals surface area contributed by atoms with Crippen molar-refractivity contribution < 1.29 is 28.6 Å². The molecule has 134 valence electrons. The highest BCUT2D eigenvalue weighted by Gasteiger charge is 2.34. The first kappa shape index (κ1) is 18.9. The Balaban J connectivity index is 2.19. The monoisotopic (exact) mass is 365 g/mol. The Kier molecular flexibility index (Phi) is 6.46. The average molecular weight is 365 g/mol. The van der Waals surface area contributed by atoms with Gasteiger partial charge >= 0.3 is 5.97 Å². The van der Waals surface area contributed by atoms with E-state index in [1.165, 1.54) is 19.1 Å². The van der Waals surface area contributed by atoms with Crippen LogP contribution in [0, 0.1) is 0 Å². The quantitative estimate of drug-likeness (QED) is 0.543. The van der Waals surface area contributed by atoms with Crippen LogP contribution in [-0.4, -0.2) is 49.4 Å². The van der Waals surface area contributed by atoms with Crippen molar-refractivity contribution in [3.05, 3.63) is 28.7 Å². The van der Waals surface area contributed by atoms with Gasteiger partial charge in [0, 0.05) is 6.54 Å². The molecule has 0 unspecified atom stereocenters. The zero-order valence-electron chi connectivity index (χ0n) is 14.2. The molecule has 2 rings (SSSR count). The summed E-state index contributed by atoms with van der Waals surface area (Å²) in [6.45, 7) is 2.08. The van der Waals surface area contributed by atoms with Gasteiger partial charge in [0.2, 0.25) is 0 Å². The van der Waals surface area contributed by atoms with Crippen molar-refractivity contribution in [1.29, 1.82) is 0 Å². The molecule has 1 aliphatic rings. The number of benzene rings is 1. The van der Waals surface area contributed by atoms with Crippen LogP contribution in [0.2, 0.25) is 0 Å². The second-order valence-electron chi connectivity index (χ2n) is 5.11. The van der Waals surface area contributed by atoms with Crippen molar-refractivity contribution in [2.75, 3.05) is 27.4 Å². The Morgan fingerprint density at radius 1 is 1.24 bits per heavy atom. The summed E-state index contributed by atoms with van der Waals surface area (Å²) in [4.78, 5) is 36.9. The predicted molar refractivity (Wildman–Crippen MR) is 93.5 cm³/mol. The summed E-state index contributed by atoms with van der Waals surface area (Å²) in [6, 6.07) is 5.01. The van der Waals surface area contributed by atoms with Crippen LogP contribution in [0.3, 0.4) is 0 Å². The second kappa shape index (κ2) is 8.57. The molecule has 1 saturated heterocycles. The van der Waals surface area contributed by atoms with Crippen LogP contribution < -0.4 is 9.47 Å². The van der Waals surface area contributed by atoms with Crippen molar-refractivity contribution in [1.82, 2.24) is 4.90 Å². The van der Waals surface area contributed by atoms with E-state index in [0.29, 0.717) is 34.9 Å². The van der Waals surface area contributed by atoms with Crippen LogP contribution in [0.15, 0.2) is 23.1 Å². The number of hydrogen-bond acceptors (Lipinski definition) is 7. The smallest absolute Gasteiger partial charge is 0.343 e. The van der Waals surface area contributed by atoms with Gasteiger partial charge < -0.3 is 14.2 Å². The largest absolute Gasteiger partial charge is 0.493 e. The topological polar surface area (TPSA) is 82.1 Å². The summed E-state index contributed by atoms with van der Waals surface area (Å²) in [5, 5.41) is -0.261. The van der Waals surface area contributed by atoms with E-state index in [2.05, 4.69) is 4.74 Å². The molecule has 1 aliphatic heterocycles. The molecule has 0 atom stereocenters. The summed E-state index contributed by atoms with van der Waals surface area (Å²) in [5.41, 5.74) is 0.685. The molecule has 0 spiro atoms. The molecule has 0 N–H and O–H groups in total. The van der Waals surface area contributed by atoms with Crippen LogP contribution in [0.5, 0.6) is 11.5 Å². The van der Waals surface area contributed by atoms with E-state index in [0.717, 1.165) is 11.8 Å². The van der Waals surface area contributed by atoms with Crippen molar-refractivity contribution in [2.24, 2.45) is 0 Å². The fourth-order valence-corrected chi connectivity index (χ4v) is 3.02. The van der Waals surface area contributed by atoms with Gasteiger partial charge in [-0.15, -0.1) is 0 Å². The lowest BCUT2D eigenvalue weighted by Crippen LogP contribution is -2.28. The minimum atomic E-state index is -0.504. The Bertz CT molecular complexity index is 715. The molecule has 25 heavy (non-hydrogen) atoms. The van der Waals surface area contributed by atoms with E-state index in [1.807, 2.05) is 6.92 Å². The van der Waals surface area contributed by atoms with Gasteiger partial charge in [-0.25, -0.2) is 4.79 Å². The molecular formula is C17H19NO6S. The molecule has 1 aromatic carbocycles. The number of nitrogens with zero attached hydrogens (tertiary/aromatic N) is 1. The van der Waals surface area contributed by atoms with Gasteiger partial charge in [-0.2, -0.15) is 0 Å². The summed E-state index contributed by atoms with van der Waals surface area (Å²) in [7, 11) is 2.75. The first-order valence-corrected chi connectivity index (χ1v) is 8.44. The lowest BCUT2D eigenvalue weighted by atomic mass is 10.2. The highest BCUT2D eigenvalue weighted by molar-refractivity contribution is 8.18. The molecule has 2 amide bonds. The average Bonchev–Trinajstić information content (AvgIpc) is 2.87. The number of amides is 2. The molecule has 0 radical (unpaired) electrons. The van der Waals surface area contributed by atoms with E-state index < -0.39 is 5.97 Å². The SMILES string of the molecule is CCCN1C(=O)S/C(=C/c2ccc(OCC(=O)OC)c(OC)c2)C1=O. The maximum atomic E-state index is 12.3. The molecule has 1 heterocycles. The third-order valence-electron chi connectivity index (χ3n) is 3.38. The van der Waals surface area contributed by atoms with Crippen molar-refractivity contribution in [2.45, 2.75) is 13.3 Å². The van der Waals surface area contributed by atoms with E-state index >= 15 is 0 Å². The van der Waals surface area contributed by atoms with Gasteiger partial charge in [0.25, 0.3) is 11.1 Å². The number of hydrogen-bond donors (Lipinski definition) is 0. The molecule has 0 bridgehead atoms. The third-order valence-corrected chi connectivity index (χ3v) is 4.29. The van der Waals surface area contributed by atoms with Crippen LogP contribution in [-0.2, 0) is 14.3 Å². The lowest BCUT2D eigenvalue weighted by Gasteiger charge is -2.11. The van der Waals surface area contributed by atoms with Gasteiger partial charge in [0.15, 0.2) is 18.1 Å². The Morgan fingerprint density at radius 2 is 2.00 bits per heavy atom. The summed E-state index contributed by atoms with van der Waals surface area (Å²) in [6.07, 6.45) is 2.35. The van der Waals surface area contributed by atoms with Gasteiger partial charge in [-0.05, 0) is 42.0 Å². The number of imide groups is 1. The maximum absolute atomic E-state index is 12.3. The summed E-state index contributed by atoms with van der Waals surface area (Å²) in [5.74, 6) is -0.00728. The number of esters is 1. The lowest BCUT2D eigenvalue weighted by molar-refractivity contribution is -0.142. The van der Waals surface area contributed by atoms with Crippen molar-refractivity contribution >= 4 is 35.0 Å². The molecule has 1 fully saturated rings. The second-order valence-corrected chi connectivity index (χ2v) is 6.10. The molecule has 7 nitrogen and oxygen atoms in total. The van der Waals surface area contributed by atoms with Gasteiger partial charge in [0.1, 0.15) is 0 Å². The normalized spacial score (nSPS) is 15.6. The fourth-order valence-electron chi connectivity index (χ4n) is 2.16. The molecule has 0 aliphatic carbocycles. The van der Waals surface area contributed by atoms with Crippen LogP contribution in [0.25, 0.3) is 6.08 Å². The zero-order valence-corrected chi connectivity index (χ0v) is 15.1. The number of thioether (sulfide) groups is 1. The number of methoxy groups -OCH3 is 2. The van der Waals surface area contributed by atoms with Crippen LogP contribution in [0.1, 0.15) is 18.9 Å². The fraction of sp³-hybridized carbons (Fsp3) is 0.353. The predicted octanol–water partition coefficient (Wildman–Crippen LogP) is 2.69. The Hall–Kier alpha value is -2.48.